The molecule has 0 bridgehead atoms. The maximum absolute atomic E-state index is 12.0. The molecule has 1 saturated heterocycles. The van der Waals surface area contributed by atoms with Crippen LogP contribution in [-0.4, -0.2) is 61.5 Å². The third-order valence-corrected chi connectivity index (χ3v) is 5.79. The van der Waals surface area contributed by atoms with Gasteiger partial charge in [-0.15, -0.1) is 0 Å². The first-order chi connectivity index (χ1) is 11.0. The molecule has 1 atom stereocenters. The van der Waals surface area contributed by atoms with Crippen LogP contribution in [0.4, 0.5) is 0 Å². The van der Waals surface area contributed by atoms with Crippen LogP contribution in [0.15, 0.2) is 12.5 Å². The van der Waals surface area contributed by atoms with Gasteiger partial charge in [0, 0.05) is 45.0 Å². The standard InChI is InChI=1S/C15H25N3O4S/c1-23(19,20)18-8-14(7-17-12-16-6-15(17)9-18)11-22-10-13-2-4-21-5-3-13/h6,12-14H,2-5,7-11H2,1H3/t14-/m0/s1. The van der Waals surface area contributed by atoms with E-state index < -0.39 is 10.0 Å². The monoisotopic (exact) mass is 343 g/mol. The molecule has 0 N–H and O–H groups in total. The molecule has 0 radical (unpaired) electrons. The van der Waals surface area contributed by atoms with E-state index in [-0.39, 0.29) is 5.92 Å². The number of ether oxygens (including phenoxy) is 2. The molecule has 23 heavy (non-hydrogen) atoms. The second kappa shape index (κ2) is 7.29. The Hall–Kier alpha value is -0.960. The number of hydrogen-bond acceptors (Lipinski definition) is 5. The molecule has 0 unspecified atom stereocenters. The van der Waals surface area contributed by atoms with Crippen molar-refractivity contribution in [1.29, 1.82) is 0 Å². The van der Waals surface area contributed by atoms with Gasteiger partial charge in [-0.1, -0.05) is 0 Å². The summed E-state index contributed by atoms with van der Waals surface area (Å²) in [5.41, 5.74) is 0.933. The quantitative estimate of drug-likeness (QED) is 0.787. The van der Waals surface area contributed by atoms with Gasteiger partial charge in [-0.05, 0) is 18.8 Å². The van der Waals surface area contributed by atoms with Crippen LogP contribution < -0.4 is 0 Å². The first-order valence-corrected chi connectivity index (χ1v) is 9.97. The van der Waals surface area contributed by atoms with Crippen LogP contribution in [0.5, 0.6) is 0 Å². The summed E-state index contributed by atoms with van der Waals surface area (Å²) in [7, 11) is -3.23. The van der Waals surface area contributed by atoms with Gasteiger partial charge in [-0.3, -0.25) is 0 Å². The molecule has 1 fully saturated rings. The molecule has 0 spiro atoms. The highest BCUT2D eigenvalue weighted by atomic mass is 32.2. The summed E-state index contributed by atoms with van der Waals surface area (Å²) in [5.74, 6) is 0.698. The zero-order valence-electron chi connectivity index (χ0n) is 13.6. The van der Waals surface area contributed by atoms with Gasteiger partial charge in [0.1, 0.15) is 0 Å². The van der Waals surface area contributed by atoms with Gasteiger partial charge in [0.2, 0.25) is 10.0 Å². The SMILES string of the molecule is CS(=O)(=O)N1Cc2cncn2C[C@H](COCC2CCOCC2)C1. The lowest BCUT2D eigenvalue weighted by Crippen LogP contribution is -2.35. The lowest BCUT2D eigenvalue weighted by Gasteiger charge is -2.24. The van der Waals surface area contributed by atoms with Crippen LogP contribution in [-0.2, 0) is 32.6 Å². The summed E-state index contributed by atoms with van der Waals surface area (Å²) in [4.78, 5) is 4.14. The average molecular weight is 343 g/mol. The van der Waals surface area contributed by atoms with Crippen molar-refractivity contribution >= 4 is 10.0 Å². The average Bonchev–Trinajstić information content (AvgIpc) is 2.86. The number of nitrogens with zero attached hydrogens (tertiary/aromatic N) is 3. The summed E-state index contributed by atoms with van der Waals surface area (Å²) >= 11 is 0. The maximum atomic E-state index is 12.0. The molecular formula is C15H25N3O4S. The first-order valence-electron chi connectivity index (χ1n) is 8.12. The van der Waals surface area contributed by atoms with E-state index in [2.05, 4.69) is 4.98 Å². The maximum Gasteiger partial charge on any atom is 0.211 e. The van der Waals surface area contributed by atoms with Gasteiger partial charge >= 0.3 is 0 Å². The van der Waals surface area contributed by atoms with E-state index >= 15 is 0 Å². The highest BCUT2D eigenvalue weighted by Gasteiger charge is 2.27. The number of aromatic nitrogens is 2. The fourth-order valence-corrected chi connectivity index (χ4v) is 4.03. The lowest BCUT2D eigenvalue weighted by molar-refractivity contribution is 0.00873. The first kappa shape index (κ1) is 16.9. The third kappa shape index (κ3) is 4.53. The Morgan fingerprint density at radius 3 is 2.74 bits per heavy atom. The molecule has 2 aliphatic rings. The number of hydrogen-bond donors (Lipinski definition) is 0. The fourth-order valence-electron chi connectivity index (χ4n) is 3.19. The zero-order valence-corrected chi connectivity index (χ0v) is 14.4. The van der Waals surface area contributed by atoms with Gasteiger partial charge in [-0.2, -0.15) is 4.31 Å². The van der Waals surface area contributed by atoms with Crippen molar-refractivity contribution in [3.63, 3.8) is 0 Å². The van der Waals surface area contributed by atoms with E-state index in [9.17, 15) is 8.42 Å². The zero-order chi connectivity index (χ0) is 16.3. The molecule has 0 aliphatic carbocycles. The van der Waals surface area contributed by atoms with Crippen LogP contribution in [0, 0.1) is 11.8 Å². The van der Waals surface area contributed by atoms with Crippen LogP contribution >= 0.6 is 0 Å². The van der Waals surface area contributed by atoms with Crippen LogP contribution in [0.3, 0.4) is 0 Å². The number of imidazole rings is 1. The van der Waals surface area contributed by atoms with Crippen molar-refractivity contribution in [3.05, 3.63) is 18.2 Å². The minimum absolute atomic E-state index is 0.139. The van der Waals surface area contributed by atoms with E-state index in [0.29, 0.717) is 25.6 Å². The van der Waals surface area contributed by atoms with Crippen molar-refractivity contribution in [2.75, 3.05) is 39.2 Å². The van der Waals surface area contributed by atoms with Crippen molar-refractivity contribution in [2.45, 2.75) is 25.9 Å². The summed E-state index contributed by atoms with van der Waals surface area (Å²) in [5, 5.41) is 0. The Labute approximate surface area is 137 Å². The van der Waals surface area contributed by atoms with E-state index in [1.54, 1.807) is 12.5 Å². The Balaban J connectivity index is 1.59. The van der Waals surface area contributed by atoms with Gasteiger partial charge in [0.05, 0.1) is 31.4 Å². The molecule has 0 aromatic carbocycles. The van der Waals surface area contributed by atoms with E-state index in [0.717, 1.165) is 44.9 Å². The molecule has 130 valence electrons. The molecule has 8 heteroatoms. The van der Waals surface area contributed by atoms with E-state index in [1.165, 1.54) is 10.6 Å². The van der Waals surface area contributed by atoms with Crippen molar-refractivity contribution in [2.24, 2.45) is 11.8 Å². The Morgan fingerprint density at radius 1 is 1.26 bits per heavy atom. The molecule has 1 aromatic heterocycles. The second-order valence-corrected chi connectivity index (χ2v) is 8.53. The number of sulfonamides is 1. The summed E-state index contributed by atoms with van der Waals surface area (Å²) < 4.78 is 38.8. The van der Waals surface area contributed by atoms with Crippen LogP contribution in [0.2, 0.25) is 0 Å². The molecule has 0 amide bonds. The van der Waals surface area contributed by atoms with Crippen molar-refractivity contribution in [1.82, 2.24) is 13.9 Å². The largest absolute Gasteiger partial charge is 0.381 e. The summed E-state index contributed by atoms with van der Waals surface area (Å²) in [6, 6.07) is 0. The van der Waals surface area contributed by atoms with E-state index in [4.69, 9.17) is 9.47 Å². The molecule has 3 rings (SSSR count). The summed E-state index contributed by atoms with van der Waals surface area (Å²) in [6.45, 7) is 4.56. The molecule has 7 nitrogen and oxygen atoms in total. The highest BCUT2D eigenvalue weighted by Crippen LogP contribution is 2.20. The van der Waals surface area contributed by atoms with Crippen LogP contribution in [0.25, 0.3) is 0 Å². The lowest BCUT2D eigenvalue weighted by atomic mass is 10.0. The molecule has 0 saturated carbocycles. The highest BCUT2D eigenvalue weighted by molar-refractivity contribution is 7.88. The smallest absolute Gasteiger partial charge is 0.211 e. The summed E-state index contributed by atoms with van der Waals surface area (Å²) in [6.07, 6.45) is 6.87. The third-order valence-electron chi connectivity index (χ3n) is 4.57. The fraction of sp³-hybridized carbons (Fsp3) is 0.800. The molecular weight excluding hydrogens is 318 g/mol. The predicted octanol–water partition coefficient (Wildman–Crippen LogP) is 0.718. The van der Waals surface area contributed by atoms with Crippen molar-refractivity contribution in [3.8, 4) is 0 Å². The minimum Gasteiger partial charge on any atom is -0.381 e. The predicted molar refractivity (Wildman–Crippen MR) is 85.3 cm³/mol. The Bertz CT molecular complexity index is 610. The topological polar surface area (TPSA) is 73.7 Å². The second-order valence-electron chi connectivity index (χ2n) is 6.55. The van der Waals surface area contributed by atoms with E-state index in [1.807, 2.05) is 4.57 Å². The number of rotatable bonds is 5. The van der Waals surface area contributed by atoms with Gasteiger partial charge in [-0.25, -0.2) is 13.4 Å². The Morgan fingerprint density at radius 2 is 2.00 bits per heavy atom. The normalized spacial score (nSPS) is 24.3. The molecule has 1 aromatic rings. The van der Waals surface area contributed by atoms with Gasteiger partial charge in [0.25, 0.3) is 0 Å². The molecule has 2 aliphatic heterocycles. The van der Waals surface area contributed by atoms with Crippen LogP contribution in [0.1, 0.15) is 18.5 Å². The van der Waals surface area contributed by atoms with Gasteiger partial charge in [0.15, 0.2) is 0 Å². The minimum atomic E-state index is -3.23. The Kier molecular flexibility index (Phi) is 5.35. The van der Waals surface area contributed by atoms with Gasteiger partial charge < -0.3 is 14.0 Å². The van der Waals surface area contributed by atoms with Crippen molar-refractivity contribution < 1.29 is 17.9 Å². The molecule has 3 heterocycles. The number of fused-ring (bicyclic) bond motifs is 1.